The van der Waals surface area contributed by atoms with Gasteiger partial charge in [0.1, 0.15) is 0 Å². The Labute approximate surface area is 156 Å². The van der Waals surface area contributed by atoms with Crippen molar-refractivity contribution in [3.8, 4) is 0 Å². The van der Waals surface area contributed by atoms with E-state index in [4.69, 9.17) is 10.5 Å². The molecule has 8 nitrogen and oxygen atoms in total. The number of benzene rings is 2. The van der Waals surface area contributed by atoms with E-state index < -0.39 is 23.4 Å². The normalized spacial score (nSPS) is 10.9. The molecule has 0 bridgehead atoms. The zero-order valence-electron chi connectivity index (χ0n) is 15.3. The van der Waals surface area contributed by atoms with Gasteiger partial charge >= 0.3 is 5.97 Å². The van der Waals surface area contributed by atoms with Crippen LogP contribution in [0.25, 0.3) is 0 Å². The van der Waals surface area contributed by atoms with Crippen LogP contribution in [-0.2, 0) is 14.9 Å². The highest BCUT2D eigenvalue weighted by molar-refractivity contribution is 5.98. The summed E-state index contributed by atoms with van der Waals surface area (Å²) < 4.78 is 4.92. The molecule has 2 aromatic carbocycles. The largest absolute Gasteiger partial charge is 0.452 e. The molecule has 0 unspecified atom stereocenters. The van der Waals surface area contributed by atoms with Crippen molar-refractivity contribution in [1.82, 2.24) is 0 Å². The summed E-state index contributed by atoms with van der Waals surface area (Å²) in [5, 5.41) is 13.3. The minimum atomic E-state index is -0.833. The van der Waals surface area contributed by atoms with E-state index in [1.54, 1.807) is 12.1 Å². The first kappa shape index (κ1) is 19.9. The Kier molecular flexibility index (Phi) is 5.79. The fraction of sp³-hybridized carbons (Fsp3) is 0.263. The Morgan fingerprint density at radius 1 is 1.15 bits per heavy atom. The fourth-order valence-corrected chi connectivity index (χ4v) is 2.31. The van der Waals surface area contributed by atoms with Crippen LogP contribution in [0.5, 0.6) is 0 Å². The number of ether oxygens (including phenoxy) is 1. The molecule has 0 saturated heterocycles. The predicted molar refractivity (Wildman–Crippen MR) is 102 cm³/mol. The third kappa shape index (κ3) is 5.27. The second kappa shape index (κ2) is 7.86. The number of nitro groups is 1. The van der Waals surface area contributed by atoms with Crippen molar-refractivity contribution in [2.24, 2.45) is 0 Å². The molecule has 3 N–H and O–H groups in total. The highest BCUT2D eigenvalue weighted by Crippen LogP contribution is 2.23. The number of nitrogens with two attached hydrogens (primary N) is 1. The fourth-order valence-electron chi connectivity index (χ4n) is 2.31. The first-order valence-electron chi connectivity index (χ1n) is 8.19. The topological polar surface area (TPSA) is 125 Å². The SMILES string of the molecule is CC(C)(C)c1ccc(NC(=O)COC(=O)c2ccc([N+](=O)[O-])cc2N)cc1. The lowest BCUT2D eigenvalue weighted by molar-refractivity contribution is -0.384. The highest BCUT2D eigenvalue weighted by atomic mass is 16.6. The lowest BCUT2D eigenvalue weighted by Gasteiger charge is -2.19. The van der Waals surface area contributed by atoms with E-state index in [1.807, 2.05) is 12.1 Å². The third-order valence-corrected chi connectivity index (χ3v) is 3.83. The molecule has 2 rings (SSSR count). The molecule has 0 aliphatic heterocycles. The lowest BCUT2D eigenvalue weighted by atomic mass is 9.87. The molecule has 8 heteroatoms. The van der Waals surface area contributed by atoms with Gasteiger partial charge in [0.05, 0.1) is 16.2 Å². The molecule has 0 aliphatic rings. The molecular weight excluding hydrogens is 350 g/mol. The number of amides is 1. The Balaban J connectivity index is 1.93. The second-order valence-corrected chi connectivity index (χ2v) is 6.98. The van der Waals surface area contributed by atoms with Gasteiger partial charge in [0.25, 0.3) is 11.6 Å². The number of hydrogen-bond donors (Lipinski definition) is 2. The number of carbonyl (C=O) groups excluding carboxylic acids is 2. The summed E-state index contributed by atoms with van der Waals surface area (Å²) in [4.78, 5) is 34.0. The predicted octanol–water partition coefficient (Wildman–Crippen LogP) is 3.27. The first-order valence-corrected chi connectivity index (χ1v) is 8.19. The molecule has 27 heavy (non-hydrogen) atoms. The van der Waals surface area contributed by atoms with E-state index in [-0.39, 0.29) is 22.4 Å². The van der Waals surface area contributed by atoms with Crippen LogP contribution in [0.3, 0.4) is 0 Å². The van der Waals surface area contributed by atoms with E-state index in [2.05, 4.69) is 26.1 Å². The average molecular weight is 371 g/mol. The maximum atomic E-state index is 12.0. The zero-order chi connectivity index (χ0) is 20.2. The molecule has 0 aliphatic carbocycles. The standard InChI is InChI=1S/C19H21N3O5/c1-19(2,3)12-4-6-13(7-5-12)21-17(23)11-27-18(24)15-9-8-14(22(25)26)10-16(15)20/h4-10H,11,20H2,1-3H3,(H,21,23). The summed E-state index contributed by atoms with van der Waals surface area (Å²) in [6.45, 7) is 5.76. The summed E-state index contributed by atoms with van der Waals surface area (Å²) in [7, 11) is 0. The van der Waals surface area contributed by atoms with E-state index >= 15 is 0 Å². The zero-order valence-corrected chi connectivity index (χ0v) is 15.3. The number of esters is 1. The van der Waals surface area contributed by atoms with Crippen molar-refractivity contribution in [3.05, 3.63) is 63.7 Å². The summed E-state index contributed by atoms with van der Waals surface area (Å²) in [6.07, 6.45) is 0. The molecule has 0 aromatic heterocycles. The van der Waals surface area contributed by atoms with Gasteiger partial charge in [-0.15, -0.1) is 0 Å². The van der Waals surface area contributed by atoms with E-state index in [9.17, 15) is 19.7 Å². The van der Waals surface area contributed by atoms with Gasteiger partial charge in [0.15, 0.2) is 6.61 Å². The van der Waals surface area contributed by atoms with Crippen LogP contribution < -0.4 is 11.1 Å². The molecule has 142 valence electrons. The molecule has 0 radical (unpaired) electrons. The average Bonchev–Trinajstić information content (AvgIpc) is 2.59. The van der Waals surface area contributed by atoms with Crippen molar-refractivity contribution >= 4 is 28.9 Å². The minimum absolute atomic E-state index is 0.00273. The van der Waals surface area contributed by atoms with Gasteiger partial charge in [-0.25, -0.2) is 4.79 Å². The summed E-state index contributed by atoms with van der Waals surface area (Å²) in [5.41, 5.74) is 6.98. The van der Waals surface area contributed by atoms with Gasteiger partial charge in [0.2, 0.25) is 0 Å². The number of anilines is 2. The van der Waals surface area contributed by atoms with Crippen molar-refractivity contribution in [3.63, 3.8) is 0 Å². The number of nitrogens with zero attached hydrogens (tertiary/aromatic N) is 1. The Morgan fingerprint density at radius 2 is 1.78 bits per heavy atom. The molecule has 0 spiro atoms. The molecule has 1 amide bonds. The van der Waals surface area contributed by atoms with Crippen molar-refractivity contribution in [1.29, 1.82) is 0 Å². The summed E-state index contributed by atoms with van der Waals surface area (Å²) in [5.74, 6) is -1.34. The number of nitrogen functional groups attached to an aromatic ring is 1. The number of hydrogen-bond acceptors (Lipinski definition) is 6. The number of nitrogens with one attached hydrogen (secondary N) is 1. The molecule has 0 atom stereocenters. The van der Waals surface area contributed by atoms with Crippen molar-refractivity contribution < 1.29 is 19.2 Å². The van der Waals surface area contributed by atoms with Crippen molar-refractivity contribution in [2.75, 3.05) is 17.7 Å². The molecular formula is C19H21N3O5. The van der Waals surface area contributed by atoms with E-state index in [0.29, 0.717) is 5.69 Å². The van der Waals surface area contributed by atoms with Gasteiger partial charge in [-0.3, -0.25) is 14.9 Å². The van der Waals surface area contributed by atoms with Gasteiger partial charge < -0.3 is 15.8 Å². The highest BCUT2D eigenvalue weighted by Gasteiger charge is 2.17. The lowest BCUT2D eigenvalue weighted by Crippen LogP contribution is -2.21. The summed E-state index contributed by atoms with van der Waals surface area (Å²) >= 11 is 0. The Bertz CT molecular complexity index is 870. The summed E-state index contributed by atoms with van der Waals surface area (Å²) in [6, 6.07) is 10.8. The second-order valence-electron chi connectivity index (χ2n) is 6.98. The van der Waals surface area contributed by atoms with Crippen LogP contribution >= 0.6 is 0 Å². The molecule has 0 saturated carbocycles. The molecule has 2 aromatic rings. The van der Waals surface area contributed by atoms with Crippen LogP contribution in [0.2, 0.25) is 0 Å². The van der Waals surface area contributed by atoms with Crippen LogP contribution in [0, 0.1) is 10.1 Å². The first-order chi connectivity index (χ1) is 12.6. The van der Waals surface area contributed by atoms with Crippen LogP contribution in [0.15, 0.2) is 42.5 Å². The smallest absolute Gasteiger partial charge is 0.340 e. The minimum Gasteiger partial charge on any atom is -0.452 e. The van der Waals surface area contributed by atoms with E-state index in [1.165, 1.54) is 6.07 Å². The number of nitro benzene ring substituents is 1. The monoisotopic (exact) mass is 371 g/mol. The van der Waals surface area contributed by atoms with Crippen molar-refractivity contribution in [2.45, 2.75) is 26.2 Å². The van der Waals surface area contributed by atoms with Crippen LogP contribution in [-0.4, -0.2) is 23.4 Å². The van der Waals surface area contributed by atoms with Crippen LogP contribution in [0.1, 0.15) is 36.7 Å². The van der Waals surface area contributed by atoms with Gasteiger partial charge in [-0.2, -0.15) is 0 Å². The van der Waals surface area contributed by atoms with E-state index in [0.717, 1.165) is 17.7 Å². The quantitative estimate of drug-likeness (QED) is 0.360. The number of non-ortho nitro benzene ring substituents is 1. The number of carbonyl (C=O) groups is 2. The Morgan fingerprint density at radius 3 is 2.30 bits per heavy atom. The van der Waals surface area contributed by atoms with Gasteiger partial charge in [-0.1, -0.05) is 32.9 Å². The molecule has 0 fully saturated rings. The maximum absolute atomic E-state index is 12.0. The molecule has 0 heterocycles. The van der Waals surface area contributed by atoms with Gasteiger partial charge in [-0.05, 0) is 29.2 Å². The van der Waals surface area contributed by atoms with Crippen LogP contribution in [0.4, 0.5) is 17.1 Å². The third-order valence-electron chi connectivity index (χ3n) is 3.83. The Hall–Kier alpha value is -3.42. The number of rotatable bonds is 5. The van der Waals surface area contributed by atoms with Gasteiger partial charge in [0, 0.05) is 17.8 Å². The maximum Gasteiger partial charge on any atom is 0.340 e.